The van der Waals surface area contributed by atoms with Gasteiger partial charge in [-0.2, -0.15) is 0 Å². The van der Waals surface area contributed by atoms with Crippen molar-refractivity contribution in [2.75, 3.05) is 13.1 Å². The van der Waals surface area contributed by atoms with Gasteiger partial charge in [-0.05, 0) is 23.8 Å². The van der Waals surface area contributed by atoms with Gasteiger partial charge in [0, 0.05) is 12.7 Å². The summed E-state index contributed by atoms with van der Waals surface area (Å²) in [6.07, 6.45) is 4.24. The maximum absolute atomic E-state index is 13.9. The quantitative estimate of drug-likeness (QED) is 0.734. The fourth-order valence-corrected chi connectivity index (χ4v) is 3.53. The van der Waals surface area contributed by atoms with Gasteiger partial charge in [-0.1, -0.05) is 6.07 Å². The predicted molar refractivity (Wildman–Crippen MR) is 94.2 cm³/mol. The molecule has 0 unspecified atom stereocenters. The number of ether oxygens (including phenoxy) is 2. The van der Waals surface area contributed by atoms with Crippen molar-refractivity contribution in [1.82, 2.24) is 19.6 Å². The minimum Gasteiger partial charge on any atom is -0.478 e. The molecular formula is C19H16F2N4O3. The maximum atomic E-state index is 13.9. The van der Waals surface area contributed by atoms with E-state index in [2.05, 4.69) is 10.3 Å². The second-order valence-corrected chi connectivity index (χ2v) is 6.83. The van der Waals surface area contributed by atoms with E-state index in [9.17, 15) is 13.6 Å². The first-order valence-corrected chi connectivity index (χ1v) is 8.83. The number of pyridine rings is 1. The fourth-order valence-electron chi connectivity index (χ4n) is 3.53. The molecule has 9 heteroatoms. The van der Waals surface area contributed by atoms with E-state index in [0.717, 1.165) is 23.2 Å². The largest absolute Gasteiger partial charge is 0.478 e. The van der Waals surface area contributed by atoms with Crippen molar-refractivity contribution in [3.8, 4) is 11.5 Å². The Kier molecular flexibility index (Phi) is 3.81. The first-order chi connectivity index (χ1) is 13.6. The Hall–Kier alpha value is -3.36. The molecule has 0 spiro atoms. The summed E-state index contributed by atoms with van der Waals surface area (Å²) in [6.45, 7) is 0.795. The number of halogens is 2. The van der Waals surface area contributed by atoms with Crippen LogP contribution in [0.15, 0.2) is 43.0 Å². The van der Waals surface area contributed by atoms with Crippen LogP contribution in [-0.4, -0.2) is 45.6 Å². The second-order valence-electron chi connectivity index (χ2n) is 6.83. The van der Waals surface area contributed by atoms with Gasteiger partial charge in [0.2, 0.25) is 11.5 Å². The van der Waals surface area contributed by atoms with Crippen LogP contribution in [0.3, 0.4) is 0 Å². The molecule has 2 atom stereocenters. The molecule has 1 fully saturated rings. The van der Waals surface area contributed by atoms with Crippen molar-refractivity contribution >= 4 is 11.5 Å². The number of benzene rings is 1. The second kappa shape index (κ2) is 6.36. The Morgan fingerprint density at radius 3 is 2.46 bits per heavy atom. The van der Waals surface area contributed by atoms with Crippen molar-refractivity contribution < 1.29 is 23.0 Å². The van der Waals surface area contributed by atoms with Crippen molar-refractivity contribution in [3.63, 3.8) is 0 Å². The minimum absolute atomic E-state index is 0.229. The predicted octanol–water partition coefficient (Wildman–Crippen LogP) is 2.35. The number of amides is 2. The molecule has 2 aliphatic heterocycles. The van der Waals surface area contributed by atoms with Gasteiger partial charge in [-0.15, -0.1) is 0 Å². The van der Waals surface area contributed by atoms with Crippen LogP contribution in [0, 0.1) is 11.6 Å². The van der Waals surface area contributed by atoms with Crippen LogP contribution in [0.5, 0.6) is 11.5 Å². The molecule has 2 aliphatic rings. The third-order valence-electron chi connectivity index (χ3n) is 4.97. The van der Waals surface area contributed by atoms with Crippen LogP contribution < -0.4 is 14.8 Å². The maximum Gasteiger partial charge on any atom is 0.317 e. The number of carbonyl (C=O) groups is 1. The third-order valence-corrected chi connectivity index (χ3v) is 4.97. The van der Waals surface area contributed by atoms with Crippen molar-refractivity contribution in [3.05, 3.63) is 60.2 Å². The summed E-state index contributed by atoms with van der Waals surface area (Å²) >= 11 is 0. The van der Waals surface area contributed by atoms with Crippen molar-refractivity contribution in [2.45, 2.75) is 18.8 Å². The molecule has 28 heavy (non-hydrogen) atoms. The molecule has 0 bridgehead atoms. The van der Waals surface area contributed by atoms with Gasteiger partial charge in [0.15, 0.2) is 23.8 Å². The van der Waals surface area contributed by atoms with E-state index in [0.29, 0.717) is 6.54 Å². The molecule has 0 saturated carbocycles. The van der Waals surface area contributed by atoms with E-state index in [-0.39, 0.29) is 30.6 Å². The number of nitrogens with zero attached hydrogens (tertiary/aromatic N) is 3. The van der Waals surface area contributed by atoms with Gasteiger partial charge < -0.3 is 24.1 Å². The smallest absolute Gasteiger partial charge is 0.317 e. The summed E-state index contributed by atoms with van der Waals surface area (Å²) in [4.78, 5) is 18.1. The Labute approximate surface area is 158 Å². The number of carbonyl (C=O) groups excluding carboxylic acids is 1. The number of imidazole rings is 1. The molecule has 3 aromatic rings. The molecule has 0 aliphatic carbocycles. The zero-order chi connectivity index (χ0) is 19.3. The van der Waals surface area contributed by atoms with Gasteiger partial charge in [0.05, 0.1) is 31.1 Å². The number of hydrogen-bond donors (Lipinski definition) is 1. The van der Waals surface area contributed by atoms with Crippen LogP contribution >= 0.6 is 0 Å². The standard InChI is InChI=1S/C19H16F2N4O3/c20-13-3-4-14(21)18-17(13)27-15-8-24(9-16(15)28-18)19(26)23-5-11-1-2-12-6-22-10-25(12)7-11/h1-4,6-7,10,15-16H,5,8-9H2,(H,23,26)/t15-,16+. The van der Waals surface area contributed by atoms with Crippen LogP contribution in [0.4, 0.5) is 13.6 Å². The summed E-state index contributed by atoms with van der Waals surface area (Å²) in [5.41, 5.74) is 1.88. The summed E-state index contributed by atoms with van der Waals surface area (Å²) < 4.78 is 40.8. The molecule has 1 N–H and O–H groups in total. The number of urea groups is 1. The number of likely N-dealkylation sites (tertiary alicyclic amines) is 1. The summed E-state index contributed by atoms with van der Waals surface area (Å²) in [5.74, 6) is -1.85. The van der Waals surface area contributed by atoms with Crippen LogP contribution in [0.25, 0.3) is 5.52 Å². The van der Waals surface area contributed by atoms with Gasteiger partial charge in [0.25, 0.3) is 0 Å². The molecule has 144 valence electrons. The van der Waals surface area contributed by atoms with Crippen molar-refractivity contribution in [2.24, 2.45) is 0 Å². The van der Waals surface area contributed by atoms with Gasteiger partial charge >= 0.3 is 6.03 Å². The average molecular weight is 386 g/mol. The van der Waals surface area contributed by atoms with Crippen LogP contribution in [-0.2, 0) is 6.54 Å². The normalized spacial score (nSPS) is 20.3. The lowest BCUT2D eigenvalue weighted by Crippen LogP contribution is -2.39. The van der Waals surface area contributed by atoms with Gasteiger partial charge in [-0.25, -0.2) is 18.6 Å². The fraction of sp³-hybridized carbons (Fsp3) is 0.263. The summed E-state index contributed by atoms with van der Waals surface area (Å²) in [6, 6.07) is 5.52. The van der Waals surface area contributed by atoms with E-state index < -0.39 is 23.8 Å². The van der Waals surface area contributed by atoms with E-state index >= 15 is 0 Å². The highest BCUT2D eigenvalue weighted by atomic mass is 19.1. The van der Waals surface area contributed by atoms with E-state index in [1.807, 2.05) is 22.7 Å². The molecule has 1 aromatic carbocycles. The molecule has 7 nitrogen and oxygen atoms in total. The van der Waals surface area contributed by atoms with E-state index in [4.69, 9.17) is 9.47 Å². The highest BCUT2D eigenvalue weighted by Gasteiger charge is 2.43. The Morgan fingerprint density at radius 2 is 1.79 bits per heavy atom. The van der Waals surface area contributed by atoms with Crippen LogP contribution in [0.2, 0.25) is 0 Å². The molecular weight excluding hydrogens is 370 g/mol. The Morgan fingerprint density at radius 1 is 1.11 bits per heavy atom. The lowest BCUT2D eigenvalue weighted by atomic mass is 10.2. The molecule has 0 radical (unpaired) electrons. The lowest BCUT2D eigenvalue weighted by molar-refractivity contribution is 0.0467. The molecule has 4 heterocycles. The van der Waals surface area contributed by atoms with E-state index in [1.54, 1.807) is 12.5 Å². The minimum atomic E-state index is -0.687. The highest BCUT2D eigenvalue weighted by molar-refractivity contribution is 5.74. The highest BCUT2D eigenvalue weighted by Crippen LogP contribution is 2.40. The number of nitrogens with one attached hydrogen (secondary N) is 1. The summed E-state index contributed by atoms with van der Waals surface area (Å²) in [5, 5.41) is 2.85. The Balaban J connectivity index is 1.24. The molecule has 5 rings (SSSR count). The average Bonchev–Trinajstić information content (AvgIpc) is 3.33. The molecule has 2 amide bonds. The van der Waals surface area contributed by atoms with E-state index in [1.165, 1.54) is 4.90 Å². The number of fused-ring (bicyclic) bond motifs is 3. The molecule has 2 aromatic heterocycles. The SMILES string of the molecule is O=C(NCc1ccc2cncn2c1)N1C[C@@H]2Oc3c(F)ccc(F)c3O[C@@H]2C1. The zero-order valence-corrected chi connectivity index (χ0v) is 14.6. The summed E-state index contributed by atoms with van der Waals surface area (Å²) in [7, 11) is 0. The number of aromatic nitrogens is 2. The van der Waals surface area contributed by atoms with Gasteiger partial charge in [0.1, 0.15) is 0 Å². The monoisotopic (exact) mass is 386 g/mol. The number of hydrogen-bond acceptors (Lipinski definition) is 4. The topological polar surface area (TPSA) is 68.1 Å². The first kappa shape index (κ1) is 16.8. The van der Waals surface area contributed by atoms with Crippen molar-refractivity contribution in [1.29, 1.82) is 0 Å². The molecule has 1 saturated heterocycles. The Bertz CT molecular complexity index is 1030. The number of rotatable bonds is 2. The lowest BCUT2D eigenvalue weighted by Gasteiger charge is -2.28. The first-order valence-electron chi connectivity index (χ1n) is 8.83. The van der Waals surface area contributed by atoms with Gasteiger partial charge in [-0.3, -0.25) is 0 Å². The third kappa shape index (κ3) is 2.79. The zero-order valence-electron chi connectivity index (χ0n) is 14.6. The van der Waals surface area contributed by atoms with Crippen LogP contribution in [0.1, 0.15) is 5.56 Å².